The van der Waals surface area contributed by atoms with Crippen molar-refractivity contribution in [1.82, 2.24) is 4.98 Å². The zero-order chi connectivity index (χ0) is 9.59. The van der Waals surface area contributed by atoms with E-state index in [0.717, 1.165) is 28.6 Å². The molecule has 1 aliphatic carbocycles. The molecule has 0 aliphatic heterocycles. The van der Waals surface area contributed by atoms with Crippen LogP contribution >= 0.6 is 15.9 Å². The van der Waals surface area contributed by atoms with Gasteiger partial charge in [-0.2, -0.15) is 0 Å². The minimum atomic E-state index is -0.895. The molecule has 1 unspecified atom stereocenters. The Morgan fingerprint density at radius 1 is 1.62 bits per heavy atom. The van der Waals surface area contributed by atoms with Gasteiger partial charge >= 0.3 is 5.97 Å². The number of hydrogen-bond acceptors (Lipinski definition) is 1. The van der Waals surface area contributed by atoms with E-state index in [9.17, 15) is 4.79 Å². The fraction of sp³-hybridized carbons (Fsp3) is 0.444. The molecule has 2 N–H and O–H groups in total. The standard InChI is InChI=1S/C9H10BrNO2/c1-4-2-5-6(3-4)11-8(7(5)10)9(12)13/h4,11H,2-3H2,1H3,(H,12,13). The van der Waals surface area contributed by atoms with Crippen LogP contribution in [0.1, 0.15) is 28.7 Å². The number of carboxylic acid groups (broad SMARTS) is 1. The van der Waals surface area contributed by atoms with Crippen LogP contribution in [0.15, 0.2) is 4.47 Å². The Hall–Kier alpha value is -0.770. The summed E-state index contributed by atoms with van der Waals surface area (Å²) >= 11 is 3.32. The molecule has 0 fully saturated rings. The van der Waals surface area contributed by atoms with Gasteiger partial charge in [-0.15, -0.1) is 0 Å². The Labute approximate surface area is 84.3 Å². The van der Waals surface area contributed by atoms with Gasteiger partial charge in [-0.25, -0.2) is 4.79 Å². The summed E-state index contributed by atoms with van der Waals surface area (Å²) in [6.07, 6.45) is 1.93. The van der Waals surface area contributed by atoms with Crippen molar-refractivity contribution < 1.29 is 9.90 Å². The number of H-pyrrole nitrogens is 1. The molecule has 1 aromatic heterocycles. The summed E-state index contributed by atoms with van der Waals surface area (Å²) in [6.45, 7) is 2.17. The molecular weight excluding hydrogens is 234 g/mol. The van der Waals surface area contributed by atoms with Crippen LogP contribution < -0.4 is 0 Å². The highest BCUT2D eigenvalue weighted by Gasteiger charge is 2.26. The second-order valence-corrected chi connectivity index (χ2v) is 4.38. The number of aromatic nitrogens is 1. The quantitative estimate of drug-likeness (QED) is 0.795. The predicted octanol–water partition coefficient (Wildman–Crippen LogP) is 2.21. The molecule has 0 saturated heterocycles. The van der Waals surface area contributed by atoms with Crippen LogP contribution in [0.25, 0.3) is 0 Å². The van der Waals surface area contributed by atoms with Gasteiger partial charge in [0.2, 0.25) is 0 Å². The number of carboxylic acids is 1. The molecule has 1 heterocycles. The van der Waals surface area contributed by atoms with Crippen molar-refractivity contribution in [3.63, 3.8) is 0 Å². The van der Waals surface area contributed by atoms with E-state index >= 15 is 0 Å². The highest BCUT2D eigenvalue weighted by molar-refractivity contribution is 9.10. The third kappa shape index (κ3) is 1.29. The first-order chi connectivity index (χ1) is 6.09. The Bertz CT molecular complexity index is 370. The molecule has 1 atom stereocenters. The van der Waals surface area contributed by atoms with Gasteiger partial charge in [-0.1, -0.05) is 6.92 Å². The van der Waals surface area contributed by atoms with Crippen LogP contribution in [0.3, 0.4) is 0 Å². The normalized spacial score (nSPS) is 20.3. The predicted molar refractivity (Wildman–Crippen MR) is 52.0 cm³/mol. The van der Waals surface area contributed by atoms with Crippen molar-refractivity contribution in [3.8, 4) is 0 Å². The molecule has 4 heteroatoms. The summed E-state index contributed by atoms with van der Waals surface area (Å²) < 4.78 is 0.736. The van der Waals surface area contributed by atoms with Crippen LogP contribution in [0.5, 0.6) is 0 Å². The fourth-order valence-electron chi connectivity index (χ4n) is 1.87. The molecule has 70 valence electrons. The van der Waals surface area contributed by atoms with Crippen molar-refractivity contribution in [2.75, 3.05) is 0 Å². The van der Waals surface area contributed by atoms with E-state index in [0.29, 0.717) is 5.92 Å². The summed E-state index contributed by atoms with van der Waals surface area (Å²) in [5.41, 5.74) is 2.51. The molecule has 1 aliphatic rings. The van der Waals surface area contributed by atoms with Gasteiger partial charge in [-0.05, 0) is 40.3 Å². The van der Waals surface area contributed by atoms with Gasteiger partial charge in [0, 0.05) is 5.69 Å². The number of nitrogens with one attached hydrogen (secondary N) is 1. The van der Waals surface area contributed by atoms with Crippen LogP contribution in [-0.4, -0.2) is 16.1 Å². The van der Waals surface area contributed by atoms with Crippen LogP contribution in [0.4, 0.5) is 0 Å². The molecule has 0 aromatic carbocycles. The molecule has 0 saturated carbocycles. The van der Waals surface area contributed by atoms with Gasteiger partial charge in [0.1, 0.15) is 5.69 Å². The Morgan fingerprint density at radius 2 is 2.31 bits per heavy atom. The lowest BCUT2D eigenvalue weighted by molar-refractivity contribution is 0.0690. The van der Waals surface area contributed by atoms with Gasteiger partial charge in [0.25, 0.3) is 0 Å². The number of halogens is 1. The van der Waals surface area contributed by atoms with E-state index in [1.807, 2.05) is 0 Å². The van der Waals surface area contributed by atoms with E-state index in [4.69, 9.17) is 5.11 Å². The lowest BCUT2D eigenvalue weighted by atomic mass is 10.1. The summed E-state index contributed by atoms with van der Waals surface area (Å²) in [6, 6.07) is 0. The number of aromatic carboxylic acids is 1. The average Bonchev–Trinajstić information content (AvgIpc) is 2.51. The largest absolute Gasteiger partial charge is 0.477 e. The third-order valence-electron chi connectivity index (χ3n) is 2.44. The van der Waals surface area contributed by atoms with E-state index in [-0.39, 0.29) is 5.69 Å². The van der Waals surface area contributed by atoms with Gasteiger partial charge < -0.3 is 10.1 Å². The lowest BCUT2D eigenvalue weighted by Gasteiger charge is -1.99. The molecule has 0 bridgehead atoms. The molecule has 2 rings (SSSR count). The monoisotopic (exact) mass is 243 g/mol. The summed E-state index contributed by atoms with van der Waals surface area (Å²) in [5, 5.41) is 8.83. The third-order valence-corrected chi connectivity index (χ3v) is 3.32. The maximum absolute atomic E-state index is 10.7. The van der Waals surface area contributed by atoms with Crippen LogP contribution in [0.2, 0.25) is 0 Å². The number of aromatic amines is 1. The van der Waals surface area contributed by atoms with E-state index < -0.39 is 5.97 Å². The minimum absolute atomic E-state index is 0.289. The van der Waals surface area contributed by atoms with Gasteiger partial charge in [-0.3, -0.25) is 0 Å². The number of carbonyl (C=O) groups is 1. The summed E-state index contributed by atoms with van der Waals surface area (Å²) in [4.78, 5) is 13.7. The SMILES string of the molecule is CC1Cc2[nH]c(C(=O)O)c(Br)c2C1. The molecular formula is C9H10BrNO2. The maximum Gasteiger partial charge on any atom is 0.353 e. The first-order valence-electron chi connectivity index (χ1n) is 4.22. The molecule has 13 heavy (non-hydrogen) atoms. The molecule has 1 aromatic rings. The van der Waals surface area contributed by atoms with Gasteiger partial charge in [0.05, 0.1) is 4.47 Å². The fourth-order valence-corrected chi connectivity index (χ4v) is 2.54. The average molecular weight is 244 g/mol. The highest BCUT2D eigenvalue weighted by Crippen LogP contribution is 2.34. The zero-order valence-corrected chi connectivity index (χ0v) is 8.81. The van der Waals surface area contributed by atoms with Crippen molar-refractivity contribution in [2.24, 2.45) is 5.92 Å². The van der Waals surface area contributed by atoms with Crippen molar-refractivity contribution >= 4 is 21.9 Å². The maximum atomic E-state index is 10.7. The van der Waals surface area contributed by atoms with E-state index in [2.05, 4.69) is 27.8 Å². The van der Waals surface area contributed by atoms with Crippen LogP contribution in [-0.2, 0) is 12.8 Å². The molecule has 0 amide bonds. The van der Waals surface area contributed by atoms with E-state index in [1.54, 1.807) is 0 Å². The number of hydrogen-bond donors (Lipinski definition) is 2. The molecule has 0 radical (unpaired) electrons. The Balaban J connectivity index is 2.47. The summed E-state index contributed by atoms with van der Waals surface area (Å²) in [5.74, 6) is -0.269. The van der Waals surface area contributed by atoms with Crippen molar-refractivity contribution in [2.45, 2.75) is 19.8 Å². The first kappa shape index (κ1) is 8.81. The van der Waals surface area contributed by atoms with Gasteiger partial charge in [0.15, 0.2) is 0 Å². The second-order valence-electron chi connectivity index (χ2n) is 3.59. The number of rotatable bonds is 1. The zero-order valence-electron chi connectivity index (χ0n) is 7.22. The Kier molecular flexibility index (Phi) is 1.95. The summed E-state index contributed by atoms with van der Waals surface area (Å²) in [7, 11) is 0. The Morgan fingerprint density at radius 3 is 2.85 bits per heavy atom. The van der Waals surface area contributed by atoms with Crippen LogP contribution in [0, 0.1) is 5.92 Å². The molecule has 0 spiro atoms. The second kappa shape index (κ2) is 2.87. The van der Waals surface area contributed by atoms with Crippen molar-refractivity contribution in [1.29, 1.82) is 0 Å². The molecule has 3 nitrogen and oxygen atoms in total. The highest BCUT2D eigenvalue weighted by atomic mass is 79.9. The topological polar surface area (TPSA) is 53.1 Å². The lowest BCUT2D eigenvalue weighted by Crippen LogP contribution is -2.00. The number of fused-ring (bicyclic) bond motifs is 1. The smallest absolute Gasteiger partial charge is 0.353 e. The minimum Gasteiger partial charge on any atom is -0.477 e. The van der Waals surface area contributed by atoms with E-state index in [1.165, 1.54) is 0 Å². The van der Waals surface area contributed by atoms with Crippen molar-refractivity contribution in [3.05, 3.63) is 21.4 Å². The first-order valence-corrected chi connectivity index (χ1v) is 5.01.